The van der Waals surface area contributed by atoms with Gasteiger partial charge < -0.3 is 14.6 Å². The average molecular weight is 353 g/mol. The maximum atomic E-state index is 11.7. The van der Waals surface area contributed by atoms with Gasteiger partial charge in [0.1, 0.15) is 17.9 Å². The van der Waals surface area contributed by atoms with Crippen molar-refractivity contribution in [2.75, 3.05) is 13.1 Å². The van der Waals surface area contributed by atoms with Crippen molar-refractivity contribution in [2.45, 2.75) is 18.9 Å². The lowest BCUT2D eigenvalue weighted by Gasteiger charge is -2.31. The highest BCUT2D eigenvalue weighted by molar-refractivity contribution is 5.88. The van der Waals surface area contributed by atoms with E-state index in [2.05, 4.69) is 31.6 Å². The van der Waals surface area contributed by atoms with Gasteiger partial charge in [-0.15, -0.1) is 0 Å². The summed E-state index contributed by atoms with van der Waals surface area (Å²) < 4.78 is 7.63. The van der Waals surface area contributed by atoms with Crippen molar-refractivity contribution < 1.29 is 9.53 Å². The van der Waals surface area contributed by atoms with E-state index in [0.29, 0.717) is 36.0 Å². The van der Waals surface area contributed by atoms with Crippen LogP contribution in [0.1, 0.15) is 12.8 Å². The number of fused-ring (bicyclic) bond motifs is 1. The zero-order valence-electron chi connectivity index (χ0n) is 14.4. The van der Waals surface area contributed by atoms with Crippen LogP contribution in [0.2, 0.25) is 0 Å². The number of likely N-dealkylation sites (tertiary alicyclic amines) is 1. The van der Waals surface area contributed by atoms with E-state index in [0.717, 1.165) is 18.4 Å². The molecule has 1 saturated heterocycles. The Morgan fingerprint density at radius 1 is 1.38 bits per heavy atom. The summed E-state index contributed by atoms with van der Waals surface area (Å²) in [5, 5.41) is 4.31. The topological polar surface area (TPSA) is 102 Å². The number of carbonyl (C=O) groups is 1. The summed E-state index contributed by atoms with van der Waals surface area (Å²) in [6.45, 7) is 4.83. The third-order valence-corrected chi connectivity index (χ3v) is 4.41. The van der Waals surface area contributed by atoms with E-state index >= 15 is 0 Å². The van der Waals surface area contributed by atoms with Crippen LogP contribution in [0, 0.1) is 0 Å². The third-order valence-electron chi connectivity index (χ3n) is 4.41. The Morgan fingerprint density at radius 2 is 2.19 bits per heavy atom. The molecule has 0 unspecified atom stereocenters. The quantitative estimate of drug-likeness (QED) is 0.710. The van der Waals surface area contributed by atoms with Gasteiger partial charge in [0, 0.05) is 39.2 Å². The van der Waals surface area contributed by atoms with Crippen molar-refractivity contribution in [3.8, 4) is 17.3 Å². The molecule has 3 aromatic heterocycles. The summed E-state index contributed by atoms with van der Waals surface area (Å²) in [6, 6.07) is 0. The summed E-state index contributed by atoms with van der Waals surface area (Å²) in [6.07, 6.45) is 7.90. The molecule has 0 bridgehead atoms. The zero-order valence-corrected chi connectivity index (χ0v) is 14.4. The van der Waals surface area contributed by atoms with Crippen LogP contribution in [0.3, 0.4) is 0 Å². The molecule has 0 aliphatic carbocycles. The predicted octanol–water partition coefficient (Wildman–Crippen LogP) is 1.31. The van der Waals surface area contributed by atoms with Crippen LogP contribution in [0.25, 0.3) is 22.6 Å². The number of aromatic amines is 1. The number of hydrogen-bond acceptors (Lipinski definition) is 6. The largest absolute Gasteiger partial charge is 0.473 e. The first-order valence-electron chi connectivity index (χ1n) is 8.42. The smallest absolute Gasteiger partial charge is 0.245 e. The van der Waals surface area contributed by atoms with Gasteiger partial charge in [-0.25, -0.2) is 15.0 Å². The highest BCUT2D eigenvalue weighted by Crippen LogP contribution is 2.25. The van der Waals surface area contributed by atoms with Gasteiger partial charge in [0.2, 0.25) is 11.8 Å². The van der Waals surface area contributed by atoms with Crippen LogP contribution in [-0.4, -0.2) is 59.7 Å². The van der Waals surface area contributed by atoms with Gasteiger partial charge in [-0.05, 0) is 6.08 Å². The average Bonchev–Trinajstić information content (AvgIpc) is 3.27. The molecule has 4 rings (SSSR count). The lowest BCUT2D eigenvalue weighted by Crippen LogP contribution is -2.41. The number of carbonyl (C=O) groups excluding carboxylic acids is 1. The standard InChI is InChI=1S/C17H19N7O2/c1-3-14(25)24-6-4-11(5-7-24)26-13-9-19-17-15(21-13)12(8-18-17)16-20-10-23(2)22-16/h3,8-11H,1,4-7H2,2H3,(H,18,19). The van der Waals surface area contributed by atoms with E-state index < -0.39 is 0 Å². The van der Waals surface area contributed by atoms with E-state index in [1.165, 1.54) is 6.08 Å². The molecule has 1 amide bonds. The number of ether oxygens (including phenoxy) is 1. The summed E-state index contributed by atoms with van der Waals surface area (Å²) in [4.78, 5) is 29.7. The number of aryl methyl sites for hydroxylation is 1. The van der Waals surface area contributed by atoms with Crippen LogP contribution in [0.5, 0.6) is 5.88 Å². The number of H-pyrrole nitrogens is 1. The van der Waals surface area contributed by atoms with Crippen molar-refractivity contribution in [1.29, 1.82) is 0 Å². The molecule has 1 fully saturated rings. The molecule has 4 heterocycles. The molecule has 0 atom stereocenters. The lowest BCUT2D eigenvalue weighted by molar-refractivity contribution is -0.127. The van der Waals surface area contributed by atoms with Crippen LogP contribution in [0.15, 0.2) is 31.4 Å². The van der Waals surface area contributed by atoms with Crippen LogP contribution < -0.4 is 4.74 Å². The van der Waals surface area contributed by atoms with Gasteiger partial charge in [0.15, 0.2) is 11.5 Å². The number of piperidine rings is 1. The Kier molecular flexibility index (Phi) is 4.11. The van der Waals surface area contributed by atoms with Crippen molar-refractivity contribution in [1.82, 2.24) is 34.6 Å². The summed E-state index contributed by atoms with van der Waals surface area (Å²) in [7, 11) is 1.81. The summed E-state index contributed by atoms with van der Waals surface area (Å²) >= 11 is 0. The Balaban J connectivity index is 1.51. The first-order valence-corrected chi connectivity index (χ1v) is 8.42. The molecule has 0 spiro atoms. The van der Waals surface area contributed by atoms with E-state index in [-0.39, 0.29) is 12.0 Å². The monoisotopic (exact) mass is 353 g/mol. The van der Waals surface area contributed by atoms with Crippen LogP contribution in [0.4, 0.5) is 0 Å². The minimum absolute atomic E-state index is 0.00554. The molecule has 1 aliphatic rings. The second-order valence-corrected chi connectivity index (χ2v) is 6.20. The maximum absolute atomic E-state index is 11.7. The fourth-order valence-electron chi connectivity index (χ4n) is 3.06. The highest BCUT2D eigenvalue weighted by atomic mass is 16.5. The van der Waals surface area contributed by atoms with Crippen molar-refractivity contribution in [3.63, 3.8) is 0 Å². The van der Waals surface area contributed by atoms with Gasteiger partial charge in [-0.2, -0.15) is 5.10 Å². The minimum atomic E-state index is -0.0375. The minimum Gasteiger partial charge on any atom is -0.473 e. The Morgan fingerprint density at radius 3 is 2.88 bits per heavy atom. The Bertz CT molecular complexity index is 953. The number of rotatable bonds is 4. The molecule has 9 heteroatoms. The summed E-state index contributed by atoms with van der Waals surface area (Å²) in [5.74, 6) is 1.01. The van der Waals surface area contributed by atoms with Gasteiger partial charge >= 0.3 is 0 Å². The number of nitrogens with zero attached hydrogens (tertiary/aromatic N) is 6. The van der Waals surface area contributed by atoms with Gasteiger partial charge in [-0.3, -0.25) is 9.48 Å². The van der Waals surface area contributed by atoms with Crippen molar-refractivity contribution in [3.05, 3.63) is 31.4 Å². The number of nitrogens with one attached hydrogen (secondary N) is 1. The molecule has 9 nitrogen and oxygen atoms in total. The molecule has 0 saturated carbocycles. The van der Waals surface area contributed by atoms with E-state index in [9.17, 15) is 4.79 Å². The molecule has 1 N–H and O–H groups in total. The Labute approximate surface area is 149 Å². The first-order chi connectivity index (χ1) is 12.6. The number of amides is 1. The van der Waals surface area contributed by atoms with Crippen LogP contribution >= 0.6 is 0 Å². The molecule has 0 radical (unpaired) electrons. The fraction of sp³-hybridized carbons (Fsp3) is 0.353. The normalized spacial score (nSPS) is 15.3. The number of hydrogen-bond donors (Lipinski definition) is 1. The first kappa shape index (κ1) is 16.2. The lowest BCUT2D eigenvalue weighted by atomic mass is 10.1. The third kappa shape index (κ3) is 3.03. The Hall–Kier alpha value is -3.23. The molecule has 1 aliphatic heterocycles. The predicted molar refractivity (Wildman–Crippen MR) is 94.3 cm³/mol. The van der Waals surface area contributed by atoms with Gasteiger partial charge in [0.25, 0.3) is 0 Å². The van der Waals surface area contributed by atoms with E-state index in [1.54, 1.807) is 28.3 Å². The van der Waals surface area contributed by atoms with E-state index in [1.807, 2.05) is 7.05 Å². The number of aromatic nitrogens is 6. The molecule has 0 aromatic carbocycles. The summed E-state index contributed by atoms with van der Waals surface area (Å²) in [5.41, 5.74) is 2.11. The molecular weight excluding hydrogens is 334 g/mol. The van der Waals surface area contributed by atoms with Gasteiger partial charge in [0.05, 0.1) is 11.8 Å². The van der Waals surface area contributed by atoms with Crippen molar-refractivity contribution >= 4 is 17.1 Å². The zero-order chi connectivity index (χ0) is 18.1. The van der Waals surface area contributed by atoms with Crippen molar-refractivity contribution in [2.24, 2.45) is 7.05 Å². The van der Waals surface area contributed by atoms with Crippen LogP contribution in [-0.2, 0) is 11.8 Å². The molecule has 26 heavy (non-hydrogen) atoms. The second kappa shape index (κ2) is 6.58. The second-order valence-electron chi connectivity index (χ2n) is 6.20. The molecule has 134 valence electrons. The highest BCUT2D eigenvalue weighted by Gasteiger charge is 2.23. The fourth-order valence-corrected chi connectivity index (χ4v) is 3.06. The maximum Gasteiger partial charge on any atom is 0.245 e. The van der Waals surface area contributed by atoms with E-state index in [4.69, 9.17) is 4.74 Å². The van der Waals surface area contributed by atoms with Gasteiger partial charge in [-0.1, -0.05) is 6.58 Å². The molecule has 3 aromatic rings. The molecular formula is C17H19N7O2. The SMILES string of the molecule is C=CC(=O)N1CCC(Oc2cnc3[nH]cc(-c4ncn(C)n4)c3n2)CC1.